The molecule has 0 atom stereocenters. The van der Waals surface area contributed by atoms with Crippen molar-refractivity contribution in [1.29, 1.82) is 0 Å². The Labute approximate surface area is 72.8 Å². The average Bonchev–Trinajstić information content (AvgIpc) is 2.50. The summed E-state index contributed by atoms with van der Waals surface area (Å²) in [4.78, 5) is 4.18. The first kappa shape index (κ1) is 9.22. The Kier molecular flexibility index (Phi) is 3.76. The normalized spacial score (nSPS) is 10.5. The molecule has 0 radical (unpaired) electrons. The van der Waals surface area contributed by atoms with Crippen LogP contribution in [0.2, 0.25) is 0 Å². The molecule has 12 heavy (non-hydrogen) atoms. The predicted molar refractivity (Wildman–Crippen MR) is 48.2 cm³/mol. The Bertz CT molecular complexity index is 219. The molecule has 1 aromatic heterocycles. The molecule has 0 fully saturated rings. The Morgan fingerprint density at radius 3 is 3.17 bits per heavy atom. The molecular weight excluding hydrogens is 152 g/mol. The second-order valence-electron chi connectivity index (χ2n) is 2.77. The van der Waals surface area contributed by atoms with Crippen LogP contribution in [0.25, 0.3) is 0 Å². The van der Waals surface area contributed by atoms with Crippen molar-refractivity contribution in [3.8, 4) is 0 Å². The van der Waals surface area contributed by atoms with E-state index in [-0.39, 0.29) is 0 Å². The van der Waals surface area contributed by atoms with Crippen LogP contribution >= 0.6 is 0 Å². The van der Waals surface area contributed by atoms with Crippen molar-refractivity contribution in [2.24, 2.45) is 5.84 Å². The lowest BCUT2D eigenvalue weighted by atomic mass is 10.3. The van der Waals surface area contributed by atoms with Gasteiger partial charge in [-0.1, -0.05) is 13.3 Å². The highest BCUT2D eigenvalue weighted by Gasteiger charge is 1.99. The Balaban J connectivity index is 2.51. The maximum Gasteiger partial charge on any atom is 0.124 e. The summed E-state index contributed by atoms with van der Waals surface area (Å²) in [7, 11) is 0. The number of nitrogens with zero attached hydrogens (tertiary/aromatic N) is 2. The van der Waals surface area contributed by atoms with E-state index in [0.717, 1.165) is 12.4 Å². The lowest BCUT2D eigenvalue weighted by Crippen LogP contribution is -2.23. The van der Waals surface area contributed by atoms with Crippen LogP contribution in [0.1, 0.15) is 25.6 Å². The van der Waals surface area contributed by atoms with Crippen molar-refractivity contribution < 1.29 is 0 Å². The molecule has 1 rings (SSSR count). The minimum atomic E-state index is 0.636. The molecule has 0 saturated carbocycles. The van der Waals surface area contributed by atoms with E-state index in [0.29, 0.717) is 6.54 Å². The smallest absolute Gasteiger partial charge is 0.124 e. The molecular formula is C8H16N4. The third-order valence-corrected chi connectivity index (χ3v) is 1.81. The van der Waals surface area contributed by atoms with Crippen LogP contribution in [0.3, 0.4) is 0 Å². The summed E-state index contributed by atoms with van der Waals surface area (Å²) >= 11 is 0. The summed E-state index contributed by atoms with van der Waals surface area (Å²) in [6.07, 6.45) is 6.19. The lowest BCUT2D eigenvalue weighted by Gasteiger charge is -2.05. The fraction of sp³-hybridized carbons (Fsp3) is 0.625. The van der Waals surface area contributed by atoms with E-state index in [4.69, 9.17) is 5.84 Å². The lowest BCUT2D eigenvalue weighted by molar-refractivity contribution is 0.578. The fourth-order valence-corrected chi connectivity index (χ4v) is 1.13. The molecule has 0 aliphatic heterocycles. The zero-order valence-electron chi connectivity index (χ0n) is 7.45. The standard InChI is InChI=1S/C8H16N4/c1-2-3-5-12-6-4-10-8(12)7-11-9/h4,6,11H,2-3,5,7,9H2,1H3. The first-order valence-corrected chi connectivity index (χ1v) is 4.32. The Hall–Kier alpha value is -0.870. The summed E-state index contributed by atoms with van der Waals surface area (Å²) in [5, 5.41) is 0. The zero-order chi connectivity index (χ0) is 8.81. The first-order chi connectivity index (χ1) is 5.88. The summed E-state index contributed by atoms with van der Waals surface area (Å²) in [5.74, 6) is 6.22. The minimum absolute atomic E-state index is 0.636. The monoisotopic (exact) mass is 168 g/mol. The van der Waals surface area contributed by atoms with Gasteiger partial charge in [-0.2, -0.15) is 0 Å². The highest BCUT2D eigenvalue weighted by Crippen LogP contribution is 2.00. The van der Waals surface area contributed by atoms with Gasteiger partial charge in [0.05, 0.1) is 6.54 Å². The maximum absolute atomic E-state index is 5.21. The first-order valence-electron chi connectivity index (χ1n) is 4.32. The third-order valence-electron chi connectivity index (χ3n) is 1.81. The van der Waals surface area contributed by atoms with E-state index >= 15 is 0 Å². The highest BCUT2D eigenvalue weighted by molar-refractivity contribution is 4.91. The molecule has 4 heteroatoms. The van der Waals surface area contributed by atoms with Crippen molar-refractivity contribution in [2.45, 2.75) is 32.9 Å². The number of imidazole rings is 1. The molecule has 4 nitrogen and oxygen atoms in total. The maximum atomic E-state index is 5.21. The molecule has 0 aliphatic carbocycles. The van der Waals surface area contributed by atoms with Gasteiger partial charge in [-0.15, -0.1) is 0 Å². The van der Waals surface area contributed by atoms with Crippen LogP contribution in [0.4, 0.5) is 0 Å². The molecule has 0 aliphatic rings. The number of nitrogens with one attached hydrogen (secondary N) is 1. The molecule has 3 N–H and O–H groups in total. The molecule has 68 valence electrons. The van der Waals surface area contributed by atoms with Crippen LogP contribution in [0.5, 0.6) is 0 Å². The van der Waals surface area contributed by atoms with E-state index in [1.54, 1.807) is 0 Å². The van der Waals surface area contributed by atoms with Gasteiger partial charge in [0.15, 0.2) is 0 Å². The van der Waals surface area contributed by atoms with Gasteiger partial charge in [-0.25, -0.2) is 4.98 Å². The predicted octanol–water partition coefficient (Wildman–Crippen LogP) is 0.647. The van der Waals surface area contributed by atoms with E-state index in [2.05, 4.69) is 21.9 Å². The fourth-order valence-electron chi connectivity index (χ4n) is 1.13. The third kappa shape index (κ3) is 2.32. The van der Waals surface area contributed by atoms with Crippen LogP contribution in [-0.4, -0.2) is 9.55 Å². The van der Waals surface area contributed by atoms with Gasteiger partial charge in [0.25, 0.3) is 0 Å². The molecule has 1 aromatic rings. The van der Waals surface area contributed by atoms with Crippen LogP contribution in [0, 0.1) is 0 Å². The summed E-state index contributed by atoms with van der Waals surface area (Å²) in [6.45, 7) is 3.85. The summed E-state index contributed by atoms with van der Waals surface area (Å²) < 4.78 is 2.13. The zero-order valence-corrected chi connectivity index (χ0v) is 7.45. The van der Waals surface area contributed by atoms with Crippen molar-refractivity contribution in [1.82, 2.24) is 15.0 Å². The van der Waals surface area contributed by atoms with Gasteiger partial charge >= 0.3 is 0 Å². The molecule has 0 aromatic carbocycles. The van der Waals surface area contributed by atoms with Gasteiger partial charge in [0, 0.05) is 18.9 Å². The Morgan fingerprint density at radius 2 is 2.50 bits per heavy atom. The van der Waals surface area contributed by atoms with Crippen LogP contribution in [0.15, 0.2) is 12.4 Å². The van der Waals surface area contributed by atoms with Crippen LogP contribution in [-0.2, 0) is 13.1 Å². The highest BCUT2D eigenvalue weighted by atomic mass is 15.2. The van der Waals surface area contributed by atoms with Gasteiger partial charge in [0.1, 0.15) is 5.82 Å². The molecule has 1 heterocycles. The van der Waals surface area contributed by atoms with E-state index in [9.17, 15) is 0 Å². The number of hydrazine groups is 1. The summed E-state index contributed by atoms with van der Waals surface area (Å²) in [6, 6.07) is 0. The second-order valence-corrected chi connectivity index (χ2v) is 2.77. The minimum Gasteiger partial charge on any atom is -0.334 e. The van der Waals surface area contributed by atoms with E-state index in [1.165, 1.54) is 12.8 Å². The molecule has 0 amide bonds. The van der Waals surface area contributed by atoms with Gasteiger partial charge in [-0.05, 0) is 6.42 Å². The summed E-state index contributed by atoms with van der Waals surface area (Å²) in [5.41, 5.74) is 2.60. The molecule has 0 bridgehead atoms. The van der Waals surface area contributed by atoms with Crippen LogP contribution < -0.4 is 11.3 Å². The average molecular weight is 168 g/mol. The number of hydrogen-bond donors (Lipinski definition) is 2. The quantitative estimate of drug-likeness (QED) is 0.501. The number of hydrogen-bond acceptors (Lipinski definition) is 3. The number of aromatic nitrogens is 2. The number of nitrogens with two attached hydrogens (primary N) is 1. The van der Waals surface area contributed by atoms with Crippen molar-refractivity contribution in [2.75, 3.05) is 0 Å². The molecule has 0 saturated heterocycles. The van der Waals surface area contributed by atoms with Gasteiger partial charge in [0.2, 0.25) is 0 Å². The number of aryl methyl sites for hydroxylation is 1. The topological polar surface area (TPSA) is 55.9 Å². The largest absolute Gasteiger partial charge is 0.334 e. The number of rotatable bonds is 5. The van der Waals surface area contributed by atoms with Gasteiger partial charge in [-0.3, -0.25) is 11.3 Å². The Morgan fingerprint density at radius 1 is 1.67 bits per heavy atom. The number of unbranched alkanes of at least 4 members (excludes halogenated alkanes) is 1. The molecule has 0 spiro atoms. The van der Waals surface area contributed by atoms with Crippen molar-refractivity contribution in [3.05, 3.63) is 18.2 Å². The second kappa shape index (κ2) is 4.90. The van der Waals surface area contributed by atoms with Gasteiger partial charge < -0.3 is 4.57 Å². The van der Waals surface area contributed by atoms with Crippen molar-refractivity contribution >= 4 is 0 Å². The molecule has 0 unspecified atom stereocenters. The van der Waals surface area contributed by atoms with E-state index < -0.39 is 0 Å². The van der Waals surface area contributed by atoms with E-state index in [1.807, 2.05) is 12.4 Å². The SMILES string of the molecule is CCCCn1ccnc1CNN. The van der Waals surface area contributed by atoms with Crippen molar-refractivity contribution in [3.63, 3.8) is 0 Å².